The summed E-state index contributed by atoms with van der Waals surface area (Å²) in [6.07, 6.45) is 0. The monoisotopic (exact) mass is 529 g/mol. The molecule has 1 N–H and O–H groups in total. The summed E-state index contributed by atoms with van der Waals surface area (Å²) in [6.45, 7) is 1.08. The summed E-state index contributed by atoms with van der Waals surface area (Å²) in [5.74, 6) is -0.369. The second-order valence-corrected chi connectivity index (χ2v) is 10.2. The van der Waals surface area contributed by atoms with Crippen molar-refractivity contribution in [3.63, 3.8) is 0 Å². The molecule has 3 rings (SSSR count). The first-order chi connectivity index (χ1) is 17.2. The van der Waals surface area contributed by atoms with Crippen molar-refractivity contribution in [2.75, 3.05) is 25.0 Å². The van der Waals surface area contributed by atoms with Gasteiger partial charge < -0.3 is 15.0 Å². The maximum absolute atomic E-state index is 13.7. The van der Waals surface area contributed by atoms with Crippen LogP contribution in [0.15, 0.2) is 83.8 Å². The number of methoxy groups -OCH3 is 1. The molecule has 3 aromatic carbocycles. The number of nitrogens with zero attached hydrogens (tertiary/aromatic N) is 2. The van der Waals surface area contributed by atoms with E-state index in [9.17, 15) is 18.0 Å². The zero-order chi connectivity index (χ0) is 26.3. The number of para-hydroxylation sites is 1. The van der Waals surface area contributed by atoms with E-state index in [0.717, 1.165) is 4.31 Å². The van der Waals surface area contributed by atoms with Crippen LogP contribution in [0.1, 0.15) is 12.5 Å². The Morgan fingerprint density at radius 3 is 2.31 bits per heavy atom. The van der Waals surface area contributed by atoms with Crippen LogP contribution in [0.4, 0.5) is 5.69 Å². The molecule has 36 heavy (non-hydrogen) atoms. The molecule has 0 saturated heterocycles. The Kier molecular flexibility index (Phi) is 8.95. The molecule has 0 spiro atoms. The Morgan fingerprint density at radius 2 is 1.67 bits per heavy atom. The number of nitrogens with one attached hydrogen (secondary N) is 1. The predicted molar refractivity (Wildman–Crippen MR) is 139 cm³/mol. The van der Waals surface area contributed by atoms with Crippen LogP contribution in [0.3, 0.4) is 0 Å². The number of ether oxygens (including phenoxy) is 1. The quantitative estimate of drug-likeness (QED) is 0.432. The SMILES string of the molecule is CNC(=O)C(C)N(Cc1cccc(OC)c1)C(=O)CN(c1ccccc1Cl)S(=O)(=O)c1ccccc1. The summed E-state index contributed by atoms with van der Waals surface area (Å²) in [6, 6.07) is 20.4. The summed E-state index contributed by atoms with van der Waals surface area (Å²) < 4.78 is 33.5. The van der Waals surface area contributed by atoms with E-state index < -0.39 is 28.5 Å². The molecule has 0 bridgehead atoms. The summed E-state index contributed by atoms with van der Waals surface area (Å²) >= 11 is 6.37. The van der Waals surface area contributed by atoms with E-state index in [-0.39, 0.29) is 28.1 Å². The number of rotatable bonds is 10. The lowest BCUT2D eigenvalue weighted by Crippen LogP contribution is -2.50. The Morgan fingerprint density at radius 1 is 1.00 bits per heavy atom. The van der Waals surface area contributed by atoms with Crippen LogP contribution in [-0.2, 0) is 26.2 Å². The van der Waals surface area contributed by atoms with Gasteiger partial charge in [-0.2, -0.15) is 0 Å². The van der Waals surface area contributed by atoms with E-state index in [1.165, 1.54) is 37.3 Å². The minimum absolute atomic E-state index is 0.0106. The third kappa shape index (κ3) is 6.16. The van der Waals surface area contributed by atoms with Gasteiger partial charge in [-0.25, -0.2) is 8.42 Å². The van der Waals surface area contributed by atoms with Crippen molar-refractivity contribution in [2.24, 2.45) is 0 Å². The van der Waals surface area contributed by atoms with E-state index >= 15 is 0 Å². The van der Waals surface area contributed by atoms with E-state index in [1.807, 2.05) is 0 Å². The Labute approximate surface area is 216 Å². The molecule has 0 heterocycles. The maximum Gasteiger partial charge on any atom is 0.264 e. The third-order valence-corrected chi connectivity index (χ3v) is 7.73. The fourth-order valence-electron chi connectivity index (χ4n) is 3.65. The summed E-state index contributed by atoms with van der Waals surface area (Å²) in [7, 11) is -1.15. The Bertz CT molecular complexity index is 1320. The van der Waals surface area contributed by atoms with E-state index in [2.05, 4.69) is 5.32 Å². The van der Waals surface area contributed by atoms with Crippen LogP contribution in [-0.4, -0.2) is 51.9 Å². The summed E-state index contributed by atoms with van der Waals surface area (Å²) in [5.41, 5.74) is 0.874. The maximum atomic E-state index is 13.7. The molecule has 0 aliphatic carbocycles. The molecule has 2 amide bonds. The standard InChI is InChI=1S/C26H28ClN3O5S/c1-19(26(32)28-2)29(17-20-10-9-11-21(16-20)35-3)25(31)18-30(24-15-8-7-14-23(24)27)36(33,34)22-12-5-4-6-13-22/h4-16,19H,17-18H2,1-3H3,(H,28,32). The van der Waals surface area contributed by atoms with Crippen molar-refractivity contribution in [1.29, 1.82) is 0 Å². The second-order valence-electron chi connectivity index (χ2n) is 7.94. The highest BCUT2D eigenvalue weighted by Crippen LogP contribution is 2.30. The van der Waals surface area contributed by atoms with Gasteiger partial charge in [-0.15, -0.1) is 0 Å². The normalized spacial score (nSPS) is 11.9. The molecule has 3 aromatic rings. The molecule has 10 heteroatoms. The zero-order valence-electron chi connectivity index (χ0n) is 20.2. The van der Waals surface area contributed by atoms with Crippen molar-refractivity contribution in [1.82, 2.24) is 10.2 Å². The number of anilines is 1. The van der Waals surface area contributed by atoms with Crippen molar-refractivity contribution in [3.8, 4) is 5.75 Å². The lowest BCUT2D eigenvalue weighted by Gasteiger charge is -2.32. The first-order valence-corrected chi connectivity index (χ1v) is 13.0. The van der Waals surface area contributed by atoms with Crippen LogP contribution in [0.2, 0.25) is 5.02 Å². The van der Waals surface area contributed by atoms with E-state index in [4.69, 9.17) is 16.3 Å². The molecule has 1 atom stereocenters. The first-order valence-electron chi connectivity index (χ1n) is 11.2. The van der Waals surface area contributed by atoms with Gasteiger partial charge in [-0.05, 0) is 48.9 Å². The Balaban J connectivity index is 2.03. The van der Waals surface area contributed by atoms with Gasteiger partial charge in [-0.1, -0.05) is 54.1 Å². The van der Waals surface area contributed by atoms with E-state index in [0.29, 0.717) is 11.3 Å². The molecule has 0 aromatic heterocycles. The van der Waals surface area contributed by atoms with Gasteiger partial charge in [0.15, 0.2) is 0 Å². The van der Waals surface area contributed by atoms with Gasteiger partial charge in [0.25, 0.3) is 10.0 Å². The average Bonchev–Trinajstić information content (AvgIpc) is 2.90. The number of hydrogen-bond donors (Lipinski definition) is 1. The molecular weight excluding hydrogens is 502 g/mol. The number of benzene rings is 3. The number of amides is 2. The molecule has 0 fully saturated rings. The minimum atomic E-state index is -4.16. The number of halogens is 1. The molecule has 8 nitrogen and oxygen atoms in total. The highest BCUT2D eigenvalue weighted by atomic mass is 35.5. The fourth-order valence-corrected chi connectivity index (χ4v) is 5.39. The van der Waals surface area contributed by atoms with Gasteiger partial charge >= 0.3 is 0 Å². The van der Waals surface area contributed by atoms with E-state index in [1.54, 1.807) is 67.6 Å². The van der Waals surface area contributed by atoms with Gasteiger partial charge in [-0.3, -0.25) is 13.9 Å². The van der Waals surface area contributed by atoms with Crippen molar-refractivity contribution >= 4 is 39.1 Å². The highest BCUT2D eigenvalue weighted by molar-refractivity contribution is 7.92. The van der Waals surface area contributed by atoms with Crippen molar-refractivity contribution < 1.29 is 22.7 Å². The second kappa shape index (κ2) is 11.9. The summed E-state index contributed by atoms with van der Waals surface area (Å²) in [4.78, 5) is 27.6. The number of sulfonamides is 1. The van der Waals surface area contributed by atoms with Crippen molar-refractivity contribution in [3.05, 3.63) is 89.4 Å². The number of carbonyl (C=O) groups excluding carboxylic acids is 2. The molecule has 190 valence electrons. The molecule has 0 saturated carbocycles. The summed E-state index contributed by atoms with van der Waals surface area (Å²) in [5, 5.41) is 2.72. The lowest BCUT2D eigenvalue weighted by molar-refractivity contribution is -0.139. The lowest BCUT2D eigenvalue weighted by atomic mass is 10.1. The van der Waals surface area contributed by atoms with Gasteiger partial charge in [0.2, 0.25) is 11.8 Å². The van der Waals surface area contributed by atoms with Crippen LogP contribution in [0.5, 0.6) is 5.75 Å². The van der Waals surface area contributed by atoms with Crippen LogP contribution in [0.25, 0.3) is 0 Å². The third-order valence-electron chi connectivity index (χ3n) is 5.63. The zero-order valence-corrected chi connectivity index (χ0v) is 21.8. The van der Waals surface area contributed by atoms with Crippen LogP contribution < -0.4 is 14.4 Å². The number of hydrogen-bond acceptors (Lipinski definition) is 5. The molecule has 0 radical (unpaired) electrons. The smallest absolute Gasteiger partial charge is 0.264 e. The molecular formula is C26H28ClN3O5S. The van der Waals surface area contributed by atoms with Gasteiger partial charge in [0.05, 0.1) is 22.7 Å². The average molecular weight is 530 g/mol. The molecule has 0 aliphatic rings. The predicted octanol–water partition coefficient (Wildman–Crippen LogP) is 3.71. The van der Waals surface area contributed by atoms with Gasteiger partial charge in [0, 0.05) is 13.6 Å². The Hall–Kier alpha value is -3.56. The largest absolute Gasteiger partial charge is 0.497 e. The molecule has 1 unspecified atom stereocenters. The number of carbonyl (C=O) groups is 2. The van der Waals surface area contributed by atoms with Crippen LogP contribution >= 0.6 is 11.6 Å². The number of likely N-dealkylation sites (N-methyl/N-ethyl adjacent to an activating group) is 1. The fraction of sp³-hybridized carbons (Fsp3) is 0.231. The van der Waals surface area contributed by atoms with Gasteiger partial charge in [0.1, 0.15) is 18.3 Å². The van der Waals surface area contributed by atoms with Crippen molar-refractivity contribution in [2.45, 2.75) is 24.4 Å². The highest BCUT2D eigenvalue weighted by Gasteiger charge is 2.33. The first kappa shape index (κ1) is 27.0. The topological polar surface area (TPSA) is 96.0 Å². The van der Waals surface area contributed by atoms with Crippen LogP contribution in [0, 0.1) is 0 Å². The molecule has 0 aliphatic heterocycles. The minimum Gasteiger partial charge on any atom is -0.497 e.